The molecule has 1 N–H and O–H groups in total. The number of amides is 2. The van der Waals surface area contributed by atoms with Crippen LogP contribution in [0, 0.1) is 5.92 Å². The molecule has 0 radical (unpaired) electrons. The third-order valence-corrected chi connectivity index (χ3v) is 4.37. The van der Waals surface area contributed by atoms with Crippen molar-refractivity contribution < 1.29 is 24.0 Å². The normalized spacial score (nSPS) is 13.1. The van der Waals surface area contributed by atoms with Gasteiger partial charge in [0.25, 0.3) is 0 Å². The first-order valence-electron chi connectivity index (χ1n) is 11.6. The van der Waals surface area contributed by atoms with Gasteiger partial charge in [0.15, 0.2) is 0 Å². The molecule has 7 nitrogen and oxygen atoms in total. The third kappa shape index (κ3) is 14.7. The van der Waals surface area contributed by atoms with Crippen molar-refractivity contribution in [3.8, 4) is 0 Å². The Hall–Kier alpha value is -1.89. The van der Waals surface area contributed by atoms with Gasteiger partial charge >= 0.3 is 5.97 Å². The molecule has 0 aromatic heterocycles. The summed E-state index contributed by atoms with van der Waals surface area (Å²) >= 11 is 0. The van der Waals surface area contributed by atoms with E-state index in [2.05, 4.69) is 12.2 Å². The Morgan fingerprint density at radius 3 is 2.26 bits per heavy atom. The molecule has 7 heteroatoms. The van der Waals surface area contributed by atoms with Gasteiger partial charge in [-0.3, -0.25) is 19.2 Å². The van der Waals surface area contributed by atoms with E-state index in [1.54, 1.807) is 0 Å². The molecule has 0 saturated heterocycles. The number of esters is 1. The minimum atomic E-state index is -0.693. The van der Waals surface area contributed by atoms with E-state index in [9.17, 15) is 14.4 Å². The van der Waals surface area contributed by atoms with Gasteiger partial charge in [0.1, 0.15) is 6.04 Å². The second kappa shape index (κ2) is 15.8. The first kappa shape index (κ1) is 29.1. The van der Waals surface area contributed by atoms with E-state index in [4.69, 9.17) is 9.57 Å². The van der Waals surface area contributed by atoms with Crippen molar-refractivity contribution in [3.63, 3.8) is 0 Å². The molecule has 0 saturated carbocycles. The van der Waals surface area contributed by atoms with Crippen LogP contribution < -0.4 is 5.32 Å². The number of nitrogens with one attached hydrogen (secondary N) is 1. The van der Waals surface area contributed by atoms with Gasteiger partial charge in [-0.15, -0.1) is 0 Å². The molecule has 0 aromatic carbocycles. The van der Waals surface area contributed by atoms with Crippen LogP contribution in [0.15, 0.2) is 11.8 Å². The van der Waals surface area contributed by atoms with Crippen molar-refractivity contribution in [2.75, 3.05) is 6.61 Å². The lowest BCUT2D eigenvalue weighted by Gasteiger charge is -2.33. The lowest BCUT2D eigenvalue weighted by Crippen LogP contribution is -2.49. The van der Waals surface area contributed by atoms with Crippen LogP contribution in [0.25, 0.3) is 0 Å². The second-order valence-electron chi connectivity index (χ2n) is 9.19. The molecule has 0 fully saturated rings. The molecule has 0 aliphatic rings. The van der Waals surface area contributed by atoms with Crippen LogP contribution in [0.3, 0.4) is 0 Å². The lowest BCUT2D eigenvalue weighted by atomic mass is 10.0. The van der Waals surface area contributed by atoms with Gasteiger partial charge in [0.05, 0.1) is 12.2 Å². The molecule has 31 heavy (non-hydrogen) atoms. The average molecular weight is 441 g/mol. The predicted octanol–water partition coefficient (Wildman–Crippen LogP) is 4.90. The molecule has 0 aromatic rings. The highest BCUT2D eigenvalue weighted by molar-refractivity contribution is 5.84. The fourth-order valence-corrected chi connectivity index (χ4v) is 3.07. The Morgan fingerprint density at radius 2 is 1.74 bits per heavy atom. The number of hydroxylamine groups is 2. The zero-order chi connectivity index (χ0) is 23.9. The molecule has 0 bridgehead atoms. The number of carbonyl (C=O) groups excluding carboxylic acids is 3. The van der Waals surface area contributed by atoms with Crippen molar-refractivity contribution in [2.24, 2.45) is 5.92 Å². The summed E-state index contributed by atoms with van der Waals surface area (Å²) in [5.74, 6) is -0.155. The van der Waals surface area contributed by atoms with Crippen LogP contribution in [0.2, 0.25) is 0 Å². The number of rotatable bonds is 16. The number of nitrogens with zero attached hydrogens (tertiary/aromatic N) is 1. The second-order valence-corrected chi connectivity index (χ2v) is 9.19. The SMILES string of the molecule is CCCC(=CCCCCCC(=O)OCC)NC(=O)[C@H](CC(C)C)N(C=O)OC(C)(C)C. The van der Waals surface area contributed by atoms with E-state index in [1.807, 2.05) is 47.6 Å². The monoisotopic (exact) mass is 440 g/mol. The molecule has 0 aliphatic carbocycles. The van der Waals surface area contributed by atoms with Crippen LogP contribution in [-0.2, 0) is 24.0 Å². The first-order chi connectivity index (χ1) is 14.5. The zero-order valence-corrected chi connectivity index (χ0v) is 20.7. The maximum absolute atomic E-state index is 13.0. The highest BCUT2D eigenvalue weighted by Crippen LogP contribution is 2.18. The zero-order valence-electron chi connectivity index (χ0n) is 20.7. The van der Waals surface area contributed by atoms with Gasteiger partial charge in [0, 0.05) is 12.1 Å². The number of carbonyl (C=O) groups is 3. The van der Waals surface area contributed by atoms with Gasteiger partial charge in [-0.1, -0.05) is 39.7 Å². The lowest BCUT2D eigenvalue weighted by molar-refractivity contribution is -0.232. The van der Waals surface area contributed by atoms with Crippen molar-refractivity contribution in [1.82, 2.24) is 10.4 Å². The maximum atomic E-state index is 13.0. The smallest absolute Gasteiger partial charge is 0.305 e. The third-order valence-electron chi connectivity index (χ3n) is 4.37. The summed E-state index contributed by atoms with van der Waals surface area (Å²) in [5, 5.41) is 4.16. The number of unbranched alkanes of at least 4 members (excludes halogenated alkanes) is 3. The summed E-state index contributed by atoms with van der Waals surface area (Å²) in [7, 11) is 0. The summed E-state index contributed by atoms with van der Waals surface area (Å²) < 4.78 is 4.93. The van der Waals surface area contributed by atoms with Crippen LogP contribution in [-0.4, -0.2) is 41.6 Å². The summed E-state index contributed by atoms with van der Waals surface area (Å²) in [6.45, 7) is 13.8. The van der Waals surface area contributed by atoms with Crippen LogP contribution in [0.1, 0.15) is 99.8 Å². The summed E-state index contributed by atoms with van der Waals surface area (Å²) in [5.41, 5.74) is 0.287. The average Bonchev–Trinajstić information content (AvgIpc) is 2.66. The molecule has 180 valence electrons. The number of hydrogen-bond acceptors (Lipinski definition) is 5. The van der Waals surface area contributed by atoms with Gasteiger partial charge in [-0.05, 0) is 65.7 Å². The van der Waals surface area contributed by atoms with Crippen molar-refractivity contribution in [1.29, 1.82) is 0 Å². The standard InChI is InChI=1S/C24H44N2O5/c1-8-14-20(15-12-10-11-13-16-22(28)30-9-2)25-23(29)21(17-19(3)4)26(18-27)31-24(5,6)7/h15,18-19,21H,8-14,16-17H2,1-7H3,(H,25,29)/t21-/m0/s1. The maximum Gasteiger partial charge on any atom is 0.305 e. The van der Waals surface area contributed by atoms with Gasteiger partial charge in [0.2, 0.25) is 12.3 Å². The minimum Gasteiger partial charge on any atom is -0.466 e. The molecule has 2 amide bonds. The molecule has 0 aliphatic heterocycles. The summed E-state index contributed by atoms with van der Waals surface area (Å²) in [6, 6.07) is -0.693. The molecule has 0 spiro atoms. The van der Waals surface area contributed by atoms with E-state index in [1.165, 1.54) is 0 Å². The van der Waals surface area contributed by atoms with E-state index < -0.39 is 11.6 Å². The van der Waals surface area contributed by atoms with Crippen LogP contribution in [0.4, 0.5) is 0 Å². The van der Waals surface area contributed by atoms with Crippen molar-refractivity contribution in [3.05, 3.63) is 11.8 Å². The fraction of sp³-hybridized carbons (Fsp3) is 0.792. The van der Waals surface area contributed by atoms with Crippen LogP contribution >= 0.6 is 0 Å². The van der Waals surface area contributed by atoms with E-state index in [0.29, 0.717) is 25.9 Å². The van der Waals surface area contributed by atoms with Gasteiger partial charge in [-0.2, -0.15) is 0 Å². The first-order valence-corrected chi connectivity index (χ1v) is 11.6. The molecule has 1 atom stereocenters. The highest BCUT2D eigenvalue weighted by Gasteiger charge is 2.30. The highest BCUT2D eigenvalue weighted by atomic mass is 16.7. The predicted molar refractivity (Wildman–Crippen MR) is 123 cm³/mol. The van der Waals surface area contributed by atoms with Gasteiger partial charge < -0.3 is 10.1 Å². The Morgan fingerprint density at radius 1 is 1.06 bits per heavy atom. The van der Waals surface area contributed by atoms with E-state index >= 15 is 0 Å². The quantitative estimate of drug-likeness (QED) is 0.160. The van der Waals surface area contributed by atoms with Crippen molar-refractivity contribution >= 4 is 18.3 Å². The summed E-state index contributed by atoms with van der Waals surface area (Å²) in [6.07, 6.45) is 8.74. The van der Waals surface area contributed by atoms with Crippen molar-refractivity contribution in [2.45, 2.75) is 111 Å². The van der Waals surface area contributed by atoms with Gasteiger partial charge in [-0.25, -0.2) is 5.06 Å². The topological polar surface area (TPSA) is 84.9 Å². The van der Waals surface area contributed by atoms with E-state index in [-0.39, 0.29) is 17.8 Å². The van der Waals surface area contributed by atoms with Crippen LogP contribution in [0.5, 0.6) is 0 Å². The molecular formula is C24H44N2O5. The fourth-order valence-electron chi connectivity index (χ4n) is 3.07. The Labute approximate surface area is 188 Å². The van der Waals surface area contributed by atoms with E-state index in [0.717, 1.165) is 49.3 Å². The number of allylic oxidation sites excluding steroid dienone is 2. The largest absolute Gasteiger partial charge is 0.466 e. The molecular weight excluding hydrogens is 396 g/mol. The molecule has 0 heterocycles. The Balaban J connectivity index is 4.95. The molecule has 0 unspecified atom stereocenters. The Kier molecular flexibility index (Phi) is 14.9. The molecule has 0 rings (SSSR count). The number of ether oxygens (including phenoxy) is 1. The summed E-state index contributed by atoms with van der Waals surface area (Å²) in [4.78, 5) is 41.8. The number of hydrogen-bond donors (Lipinski definition) is 1. The Bertz CT molecular complexity index is 567. The minimum absolute atomic E-state index is 0.148.